The summed E-state index contributed by atoms with van der Waals surface area (Å²) in [6.45, 7) is 4.06. The summed E-state index contributed by atoms with van der Waals surface area (Å²) in [5.41, 5.74) is 8.24. The maximum atomic E-state index is 9.81. The lowest BCUT2D eigenvalue weighted by atomic mass is 10.1. The lowest BCUT2D eigenvalue weighted by Crippen LogP contribution is -2.13. The van der Waals surface area contributed by atoms with Crippen LogP contribution in [0.4, 0.5) is 0 Å². The average Bonchev–Trinajstić information content (AvgIpc) is 2.58. The molecule has 0 aliphatic heterocycles. The normalized spacial score (nSPS) is 10.5. The van der Waals surface area contributed by atoms with Crippen molar-refractivity contribution in [1.82, 2.24) is 0 Å². The molecule has 0 fully saturated rings. The molecule has 2 aromatic rings. The molecular formula is C17H18Cl2N2O3. The van der Waals surface area contributed by atoms with Crippen molar-refractivity contribution in [3.8, 4) is 5.75 Å². The van der Waals surface area contributed by atoms with Crippen molar-refractivity contribution in [2.45, 2.75) is 13.8 Å². The van der Waals surface area contributed by atoms with E-state index >= 15 is 0 Å². The fourth-order valence-corrected chi connectivity index (χ4v) is 2.17. The SMILES string of the molecule is COc1c(Cl)ccc(Cl)c1C.Cc1ccc(/C(N)=N/OC=O)cc1. The highest BCUT2D eigenvalue weighted by Gasteiger charge is 2.06. The van der Waals surface area contributed by atoms with E-state index in [1.807, 2.05) is 38.1 Å². The van der Waals surface area contributed by atoms with Gasteiger partial charge < -0.3 is 15.3 Å². The highest BCUT2D eigenvalue weighted by atomic mass is 35.5. The Morgan fingerprint density at radius 1 is 1.08 bits per heavy atom. The van der Waals surface area contributed by atoms with Crippen LogP contribution in [0.25, 0.3) is 0 Å². The van der Waals surface area contributed by atoms with Gasteiger partial charge in [0.25, 0.3) is 0 Å². The van der Waals surface area contributed by atoms with Gasteiger partial charge in [0.2, 0.25) is 0 Å². The second kappa shape index (κ2) is 9.80. The van der Waals surface area contributed by atoms with Crippen LogP contribution >= 0.6 is 23.2 Å². The Labute approximate surface area is 151 Å². The molecule has 0 aliphatic rings. The van der Waals surface area contributed by atoms with E-state index in [9.17, 15) is 4.79 Å². The van der Waals surface area contributed by atoms with Gasteiger partial charge >= 0.3 is 6.47 Å². The molecule has 2 rings (SSSR count). The number of carbonyl (C=O) groups excluding carboxylic acids is 1. The molecule has 0 unspecified atom stereocenters. The van der Waals surface area contributed by atoms with Crippen LogP contribution < -0.4 is 10.5 Å². The summed E-state index contributed by atoms with van der Waals surface area (Å²) in [6, 6.07) is 10.9. The molecule has 0 spiro atoms. The van der Waals surface area contributed by atoms with E-state index in [2.05, 4.69) is 9.99 Å². The monoisotopic (exact) mass is 368 g/mol. The summed E-state index contributed by atoms with van der Waals surface area (Å²) >= 11 is 11.6. The molecule has 128 valence electrons. The molecule has 0 saturated heterocycles. The lowest BCUT2D eigenvalue weighted by molar-refractivity contribution is -0.128. The molecule has 0 aromatic heterocycles. The van der Waals surface area contributed by atoms with Crippen molar-refractivity contribution < 1.29 is 14.4 Å². The van der Waals surface area contributed by atoms with Crippen molar-refractivity contribution >= 4 is 35.5 Å². The van der Waals surface area contributed by atoms with Gasteiger partial charge in [-0.05, 0) is 26.0 Å². The topological polar surface area (TPSA) is 73.9 Å². The second-order valence-corrected chi connectivity index (χ2v) is 5.55. The standard InChI is InChI=1S/C9H10N2O2.C8H8Cl2O/c1-7-2-4-8(5-3-7)9(10)11-13-6-12;1-5-6(9)3-4-7(10)8(5)11-2/h2-6H,1H3,(H2,10,11);3-4H,1-2H3. The van der Waals surface area contributed by atoms with Gasteiger partial charge in [0.1, 0.15) is 5.75 Å². The second-order valence-electron chi connectivity index (χ2n) is 4.73. The lowest BCUT2D eigenvalue weighted by Gasteiger charge is -2.07. The molecule has 0 atom stereocenters. The number of ether oxygens (including phenoxy) is 1. The summed E-state index contributed by atoms with van der Waals surface area (Å²) in [7, 11) is 1.57. The molecule has 2 aromatic carbocycles. The van der Waals surface area contributed by atoms with Crippen LogP contribution in [-0.4, -0.2) is 19.4 Å². The number of methoxy groups -OCH3 is 1. The number of aryl methyl sites for hydroxylation is 1. The molecule has 0 radical (unpaired) electrons. The zero-order valence-electron chi connectivity index (χ0n) is 13.5. The number of nitrogens with two attached hydrogens (primary N) is 1. The van der Waals surface area contributed by atoms with Gasteiger partial charge in [0, 0.05) is 16.1 Å². The minimum absolute atomic E-state index is 0.187. The number of carbonyl (C=O) groups is 1. The number of amidine groups is 1. The third-order valence-corrected chi connectivity index (χ3v) is 3.74. The highest BCUT2D eigenvalue weighted by Crippen LogP contribution is 2.32. The Hall–Kier alpha value is -2.24. The van der Waals surface area contributed by atoms with E-state index in [-0.39, 0.29) is 12.3 Å². The molecule has 2 N–H and O–H groups in total. The molecule has 24 heavy (non-hydrogen) atoms. The molecule has 5 nitrogen and oxygen atoms in total. The first-order valence-electron chi connectivity index (χ1n) is 6.89. The van der Waals surface area contributed by atoms with Crippen molar-refractivity contribution in [2.24, 2.45) is 10.9 Å². The fourth-order valence-electron chi connectivity index (χ4n) is 1.74. The summed E-state index contributed by atoms with van der Waals surface area (Å²) in [5, 5.41) is 4.63. The first-order valence-corrected chi connectivity index (χ1v) is 7.64. The number of nitrogens with zero attached hydrogens (tertiary/aromatic N) is 1. The van der Waals surface area contributed by atoms with Gasteiger partial charge in [0.15, 0.2) is 5.84 Å². The Balaban J connectivity index is 0.000000243. The Kier molecular flexibility index (Phi) is 8.09. The zero-order valence-corrected chi connectivity index (χ0v) is 15.1. The third-order valence-electron chi connectivity index (χ3n) is 3.04. The minimum atomic E-state index is 0.187. The Morgan fingerprint density at radius 3 is 2.17 bits per heavy atom. The molecule has 0 aliphatic carbocycles. The number of hydrogen-bond acceptors (Lipinski definition) is 4. The zero-order chi connectivity index (χ0) is 18.1. The number of halogens is 2. The smallest absolute Gasteiger partial charge is 0.323 e. The van der Waals surface area contributed by atoms with Crippen molar-refractivity contribution in [3.63, 3.8) is 0 Å². The van der Waals surface area contributed by atoms with E-state index in [0.717, 1.165) is 16.7 Å². The molecule has 0 saturated carbocycles. The third kappa shape index (κ3) is 5.76. The van der Waals surface area contributed by atoms with Gasteiger partial charge in [0.05, 0.1) is 12.1 Å². The summed E-state index contributed by atoms with van der Waals surface area (Å²) in [5.74, 6) is 0.839. The molecule has 0 bridgehead atoms. The van der Waals surface area contributed by atoms with E-state index in [1.54, 1.807) is 19.2 Å². The van der Waals surface area contributed by atoms with E-state index in [1.165, 1.54) is 0 Å². The van der Waals surface area contributed by atoms with Crippen LogP contribution in [0.3, 0.4) is 0 Å². The maximum absolute atomic E-state index is 9.81. The Bertz CT molecular complexity index is 717. The quantitative estimate of drug-likeness (QED) is 0.290. The van der Waals surface area contributed by atoms with Crippen molar-refractivity contribution in [2.75, 3.05) is 7.11 Å². The molecule has 0 heterocycles. The number of oxime groups is 1. The predicted molar refractivity (Wildman–Crippen MR) is 96.8 cm³/mol. The number of hydrogen-bond donors (Lipinski definition) is 1. The van der Waals surface area contributed by atoms with E-state index < -0.39 is 0 Å². The number of rotatable bonds is 4. The van der Waals surface area contributed by atoms with Gasteiger partial charge in [-0.25, -0.2) is 0 Å². The molecule has 7 heteroatoms. The van der Waals surface area contributed by atoms with Crippen molar-refractivity contribution in [1.29, 1.82) is 0 Å². The van der Waals surface area contributed by atoms with E-state index in [4.69, 9.17) is 33.7 Å². The first kappa shape index (κ1) is 19.8. The first-order chi connectivity index (χ1) is 11.4. The van der Waals surface area contributed by atoms with Crippen molar-refractivity contribution in [3.05, 3.63) is 63.1 Å². The van der Waals surface area contributed by atoms with Crippen LogP contribution in [0.1, 0.15) is 16.7 Å². The van der Waals surface area contributed by atoms with Crippen LogP contribution in [0.5, 0.6) is 5.75 Å². The average molecular weight is 369 g/mol. The van der Waals surface area contributed by atoms with Gasteiger partial charge in [-0.3, -0.25) is 4.79 Å². The summed E-state index contributed by atoms with van der Waals surface area (Å²) in [4.78, 5) is 14.0. The molecular weight excluding hydrogens is 351 g/mol. The minimum Gasteiger partial charge on any atom is -0.495 e. The van der Waals surface area contributed by atoms with Crippen LogP contribution in [0.2, 0.25) is 10.0 Å². The highest BCUT2D eigenvalue weighted by molar-refractivity contribution is 6.34. The largest absolute Gasteiger partial charge is 0.495 e. The summed E-state index contributed by atoms with van der Waals surface area (Å²) in [6.07, 6.45) is 0. The molecule has 0 amide bonds. The van der Waals surface area contributed by atoms with Crippen LogP contribution in [0.15, 0.2) is 41.6 Å². The predicted octanol–water partition coefficient (Wildman–Crippen LogP) is 4.10. The van der Waals surface area contributed by atoms with Gasteiger partial charge in [-0.1, -0.05) is 58.2 Å². The van der Waals surface area contributed by atoms with Crippen LogP contribution in [-0.2, 0) is 9.63 Å². The van der Waals surface area contributed by atoms with Gasteiger partial charge in [-0.2, -0.15) is 0 Å². The van der Waals surface area contributed by atoms with Gasteiger partial charge in [-0.15, -0.1) is 0 Å². The summed E-state index contributed by atoms with van der Waals surface area (Å²) < 4.78 is 5.04. The fraction of sp³-hybridized carbons (Fsp3) is 0.176. The maximum Gasteiger partial charge on any atom is 0.323 e. The van der Waals surface area contributed by atoms with Crippen LogP contribution in [0, 0.1) is 13.8 Å². The van der Waals surface area contributed by atoms with E-state index in [0.29, 0.717) is 15.8 Å². The number of benzene rings is 2. The Morgan fingerprint density at radius 2 is 1.67 bits per heavy atom.